The van der Waals surface area contributed by atoms with Gasteiger partial charge in [0.15, 0.2) is 0 Å². The third kappa shape index (κ3) is 2.83. The van der Waals surface area contributed by atoms with Gasteiger partial charge >= 0.3 is 0 Å². The first kappa shape index (κ1) is 12.7. The van der Waals surface area contributed by atoms with Gasteiger partial charge in [0.05, 0.1) is 6.04 Å². The van der Waals surface area contributed by atoms with Crippen molar-refractivity contribution in [2.45, 2.75) is 51.5 Å². The Morgan fingerprint density at radius 3 is 2.63 bits per heavy atom. The minimum absolute atomic E-state index is 0.377. The zero-order valence-corrected chi connectivity index (χ0v) is 11.7. The number of nitrogens with zero attached hydrogens (tertiary/aromatic N) is 1. The molecule has 2 bridgehead atoms. The normalized spacial score (nSPS) is 30.7. The van der Waals surface area contributed by atoms with Crippen LogP contribution in [0.2, 0.25) is 0 Å². The first-order chi connectivity index (χ1) is 9.22. The van der Waals surface area contributed by atoms with Crippen LogP contribution >= 0.6 is 0 Å². The van der Waals surface area contributed by atoms with E-state index < -0.39 is 0 Å². The van der Waals surface area contributed by atoms with Gasteiger partial charge in [-0.3, -0.25) is 4.99 Å². The van der Waals surface area contributed by atoms with E-state index in [1.165, 1.54) is 38.5 Å². The monoisotopic (exact) mass is 257 g/mol. The molecule has 1 N–H and O–H groups in total. The molecule has 0 aliphatic heterocycles. The fourth-order valence-corrected chi connectivity index (χ4v) is 3.79. The quantitative estimate of drug-likeness (QED) is 0.795. The second-order valence-corrected chi connectivity index (χ2v) is 6.31. The van der Waals surface area contributed by atoms with Crippen molar-refractivity contribution in [1.29, 1.82) is 0 Å². The Morgan fingerprint density at radius 1 is 1.16 bits per heavy atom. The molecule has 1 aromatic rings. The summed E-state index contributed by atoms with van der Waals surface area (Å²) < 4.78 is 0. The molecule has 2 nitrogen and oxygen atoms in total. The Hall–Kier alpha value is -1.31. The Balaban J connectivity index is 1.70. The summed E-state index contributed by atoms with van der Waals surface area (Å²) in [6.45, 7) is 1.93. The fourth-order valence-electron chi connectivity index (χ4n) is 3.79. The Bertz CT molecular complexity index is 468. The zero-order valence-electron chi connectivity index (χ0n) is 11.7. The maximum Gasteiger partial charge on any atom is 0.127 e. The van der Waals surface area contributed by atoms with Crippen LogP contribution in [0.4, 0.5) is 0 Å². The van der Waals surface area contributed by atoms with Gasteiger partial charge in [0, 0.05) is 11.8 Å². The van der Waals surface area contributed by atoms with Crippen LogP contribution in [-0.4, -0.2) is 17.4 Å². The van der Waals surface area contributed by atoms with Gasteiger partial charge in [-0.2, -0.15) is 0 Å². The molecule has 3 rings (SSSR count). The lowest BCUT2D eigenvalue weighted by molar-refractivity contribution is 0.172. The van der Waals surface area contributed by atoms with E-state index in [0.29, 0.717) is 11.8 Å². The molecule has 0 aromatic heterocycles. The second-order valence-electron chi connectivity index (χ2n) is 6.31. The molecule has 2 unspecified atom stereocenters. The molecule has 102 valence electrons. The summed E-state index contributed by atoms with van der Waals surface area (Å²) in [5, 5.41) is 10.00. The molecule has 2 aliphatic rings. The first-order valence-corrected chi connectivity index (χ1v) is 7.54. The average Bonchev–Trinajstić information content (AvgIpc) is 2.40. The number of rotatable bonds is 2. The third-order valence-electron chi connectivity index (χ3n) is 4.80. The molecule has 0 heterocycles. The molecular weight excluding hydrogens is 234 g/mol. The van der Waals surface area contributed by atoms with E-state index in [4.69, 9.17) is 4.99 Å². The highest BCUT2D eigenvalue weighted by molar-refractivity contribution is 5.84. The van der Waals surface area contributed by atoms with Crippen molar-refractivity contribution in [3.8, 4) is 5.75 Å². The van der Waals surface area contributed by atoms with Crippen molar-refractivity contribution in [2.75, 3.05) is 0 Å². The number of aryl methyl sites for hydroxylation is 1. The first-order valence-electron chi connectivity index (χ1n) is 7.54. The maximum absolute atomic E-state index is 10.00. The number of hydrogen-bond donors (Lipinski definition) is 1. The second kappa shape index (κ2) is 5.36. The minimum atomic E-state index is 0.377. The van der Waals surface area contributed by atoms with Gasteiger partial charge in [-0.15, -0.1) is 0 Å². The van der Waals surface area contributed by atoms with Crippen molar-refractivity contribution in [3.05, 3.63) is 29.3 Å². The van der Waals surface area contributed by atoms with Gasteiger partial charge in [-0.25, -0.2) is 0 Å². The van der Waals surface area contributed by atoms with Crippen molar-refractivity contribution in [3.63, 3.8) is 0 Å². The van der Waals surface area contributed by atoms with Crippen molar-refractivity contribution < 1.29 is 5.11 Å². The molecule has 2 fully saturated rings. The van der Waals surface area contributed by atoms with Crippen LogP contribution in [0.1, 0.15) is 49.7 Å². The summed E-state index contributed by atoms with van der Waals surface area (Å²) in [5.41, 5.74) is 1.78. The highest BCUT2D eigenvalue weighted by atomic mass is 16.3. The predicted molar refractivity (Wildman–Crippen MR) is 78.9 cm³/mol. The lowest BCUT2D eigenvalue weighted by atomic mass is 9.70. The number of fused-ring (bicyclic) bond motifs is 2. The highest BCUT2D eigenvalue weighted by Crippen LogP contribution is 2.40. The molecule has 2 atom stereocenters. The molecule has 0 amide bonds. The number of phenolic OH excluding ortho intramolecular Hbond substituents is 1. The third-order valence-corrected chi connectivity index (χ3v) is 4.80. The van der Waals surface area contributed by atoms with E-state index >= 15 is 0 Å². The number of benzene rings is 1. The van der Waals surface area contributed by atoms with E-state index in [-0.39, 0.29) is 0 Å². The van der Waals surface area contributed by atoms with Crippen LogP contribution in [0.5, 0.6) is 5.75 Å². The topological polar surface area (TPSA) is 32.6 Å². The maximum atomic E-state index is 10.00. The van der Waals surface area contributed by atoms with Gasteiger partial charge < -0.3 is 5.11 Å². The van der Waals surface area contributed by atoms with Crippen molar-refractivity contribution >= 4 is 6.21 Å². The molecule has 2 heteroatoms. The molecular formula is C17H23NO. The molecule has 1 aromatic carbocycles. The summed E-state index contributed by atoms with van der Waals surface area (Å²) in [4.78, 5) is 4.75. The number of para-hydroxylation sites is 1. The number of aliphatic imine (C=N–C) groups is 1. The number of hydrogen-bond acceptors (Lipinski definition) is 2. The summed E-state index contributed by atoms with van der Waals surface area (Å²) in [7, 11) is 0. The van der Waals surface area contributed by atoms with Crippen LogP contribution in [0.15, 0.2) is 23.2 Å². The van der Waals surface area contributed by atoms with Crippen molar-refractivity contribution in [2.24, 2.45) is 16.8 Å². The average molecular weight is 257 g/mol. The predicted octanol–water partition coefficient (Wildman–Crippen LogP) is 4.09. The molecule has 19 heavy (non-hydrogen) atoms. The smallest absolute Gasteiger partial charge is 0.127 e. The van der Waals surface area contributed by atoms with E-state index in [0.717, 1.165) is 23.0 Å². The Kier molecular flexibility index (Phi) is 3.58. The van der Waals surface area contributed by atoms with Crippen LogP contribution in [0.3, 0.4) is 0 Å². The summed E-state index contributed by atoms with van der Waals surface area (Å²) in [5.74, 6) is 2.18. The van der Waals surface area contributed by atoms with Gasteiger partial charge in [-0.1, -0.05) is 31.4 Å². The van der Waals surface area contributed by atoms with Crippen LogP contribution in [0.25, 0.3) is 0 Å². The summed E-state index contributed by atoms with van der Waals surface area (Å²) >= 11 is 0. The van der Waals surface area contributed by atoms with Gasteiger partial charge in [0.2, 0.25) is 0 Å². The van der Waals surface area contributed by atoms with E-state index in [2.05, 4.69) is 0 Å². The molecule has 2 saturated carbocycles. The van der Waals surface area contributed by atoms with E-state index in [9.17, 15) is 5.11 Å². The lowest BCUT2D eigenvalue weighted by Crippen LogP contribution is -2.29. The minimum Gasteiger partial charge on any atom is -0.507 e. The Morgan fingerprint density at radius 2 is 1.89 bits per heavy atom. The van der Waals surface area contributed by atoms with Gasteiger partial charge in [0.1, 0.15) is 5.75 Å². The molecule has 0 saturated heterocycles. The largest absolute Gasteiger partial charge is 0.507 e. The molecule has 0 radical (unpaired) electrons. The standard InChI is InChI=1S/C17H23NO/c1-12-4-2-7-15(17(12)19)11-18-16-9-13-5-3-6-14(8-13)10-16/h2,4,7,11,13-14,16,19H,3,5-6,8-10H2,1H3. The van der Waals surface area contributed by atoms with Crippen LogP contribution in [0, 0.1) is 18.8 Å². The molecule has 0 spiro atoms. The number of phenols is 1. The summed E-state index contributed by atoms with van der Waals surface area (Å²) in [6.07, 6.45) is 10.0. The highest BCUT2D eigenvalue weighted by Gasteiger charge is 2.31. The van der Waals surface area contributed by atoms with E-state index in [1.54, 1.807) is 0 Å². The van der Waals surface area contributed by atoms with Gasteiger partial charge in [0.25, 0.3) is 0 Å². The van der Waals surface area contributed by atoms with Crippen LogP contribution < -0.4 is 0 Å². The van der Waals surface area contributed by atoms with Gasteiger partial charge in [-0.05, 0) is 49.7 Å². The summed E-state index contributed by atoms with van der Waals surface area (Å²) in [6, 6.07) is 6.32. The zero-order chi connectivity index (χ0) is 13.2. The fraction of sp³-hybridized carbons (Fsp3) is 0.588. The molecule has 2 aliphatic carbocycles. The van der Waals surface area contributed by atoms with E-state index in [1.807, 2.05) is 31.3 Å². The number of aromatic hydroxyl groups is 1. The SMILES string of the molecule is Cc1cccc(C=NC2CC3CCCC(C3)C2)c1O. The lowest BCUT2D eigenvalue weighted by Gasteiger charge is -2.37. The van der Waals surface area contributed by atoms with Crippen LogP contribution in [-0.2, 0) is 0 Å². The van der Waals surface area contributed by atoms with Crippen molar-refractivity contribution in [1.82, 2.24) is 0 Å². The Labute approximate surface area is 115 Å².